The lowest BCUT2D eigenvalue weighted by Crippen LogP contribution is -2.31. The third kappa shape index (κ3) is 4.82. The van der Waals surface area contributed by atoms with Gasteiger partial charge >= 0.3 is 5.97 Å². The Morgan fingerprint density at radius 2 is 1.79 bits per heavy atom. The zero-order valence-corrected chi connectivity index (χ0v) is 12.4. The van der Waals surface area contributed by atoms with Crippen LogP contribution in [-0.2, 0) is 19.1 Å². The van der Waals surface area contributed by atoms with Gasteiger partial charge in [-0.15, -0.1) is 0 Å². The molecule has 0 aromatic carbocycles. The summed E-state index contributed by atoms with van der Waals surface area (Å²) in [6.07, 6.45) is 4.52. The molecule has 0 aliphatic heterocycles. The number of nitrogens with one attached hydrogen (secondary N) is 1. The van der Waals surface area contributed by atoms with E-state index in [1.165, 1.54) is 0 Å². The highest BCUT2D eigenvalue weighted by atomic mass is 16.6. The molecule has 2 aliphatic carbocycles. The van der Waals surface area contributed by atoms with E-state index in [0.717, 1.165) is 25.7 Å². The van der Waals surface area contributed by atoms with E-state index in [4.69, 9.17) is 9.47 Å². The van der Waals surface area contributed by atoms with Crippen LogP contribution in [0.15, 0.2) is 0 Å². The summed E-state index contributed by atoms with van der Waals surface area (Å²) in [6, 6.07) is 0. The summed E-state index contributed by atoms with van der Waals surface area (Å²) >= 11 is 0. The van der Waals surface area contributed by atoms with Crippen molar-refractivity contribution in [2.45, 2.75) is 51.6 Å². The van der Waals surface area contributed by atoms with Crippen molar-refractivity contribution in [3.05, 3.63) is 0 Å². The first-order valence-corrected chi connectivity index (χ1v) is 6.84. The normalized spacial score (nSPS) is 20.6. The summed E-state index contributed by atoms with van der Waals surface area (Å²) in [5, 5.41) is 2.63. The van der Waals surface area contributed by atoms with Gasteiger partial charge in [-0.05, 0) is 32.6 Å². The summed E-state index contributed by atoms with van der Waals surface area (Å²) in [5.41, 5.74) is -0.239. The molecule has 0 spiro atoms. The smallest absolute Gasteiger partial charge is 0.306 e. The molecule has 0 radical (unpaired) electrons. The maximum absolute atomic E-state index is 11.1. The fraction of sp³-hybridized carbons (Fsp3) is 0.857. The fourth-order valence-corrected chi connectivity index (χ4v) is 1.75. The van der Waals surface area contributed by atoms with E-state index in [9.17, 15) is 9.59 Å². The minimum atomic E-state index is -0.163. The van der Waals surface area contributed by atoms with Crippen molar-refractivity contribution in [2.24, 2.45) is 5.41 Å². The number of hydrogen-bond acceptors (Lipinski definition) is 4. The molecule has 0 unspecified atom stereocenters. The number of rotatable bonds is 5. The van der Waals surface area contributed by atoms with E-state index >= 15 is 0 Å². The first-order valence-electron chi connectivity index (χ1n) is 6.84. The Bertz CT molecular complexity index is 332. The Balaban J connectivity index is 0.000000191. The van der Waals surface area contributed by atoms with Gasteiger partial charge in [0.25, 0.3) is 0 Å². The van der Waals surface area contributed by atoms with E-state index < -0.39 is 0 Å². The molecule has 0 atom stereocenters. The summed E-state index contributed by atoms with van der Waals surface area (Å²) in [7, 11) is 3.29. The Kier molecular flexibility index (Phi) is 5.35. The van der Waals surface area contributed by atoms with Gasteiger partial charge < -0.3 is 14.8 Å². The average Bonchev–Trinajstić information content (AvgIpc) is 3.29. The second-order valence-electron chi connectivity index (χ2n) is 5.57. The van der Waals surface area contributed by atoms with Crippen LogP contribution < -0.4 is 5.32 Å². The summed E-state index contributed by atoms with van der Waals surface area (Å²) < 4.78 is 9.99. The van der Waals surface area contributed by atoms with Gasteiger partial charge in [0.05, 0.1) is 12.0 Å². The van der Waals surface area contributed by atoms with Crippen LogP contribution in [0.4, 0.5) is 0 Å². The van der Waals surface area contributed by atoms with Crippen LogP contribution >= 0.6 is 0 Å². The van der Waals surface area contributed by atoms with Crippen molar-refractivity contribution >= 4 is 11.9 Å². The Morgan fingerprint density at radius 1 is 1.21 bits per heavy atom. The number of esters is 1. The predicted molar refractivity (Wildman–Crippen MR) is 71.6 cm³/mol. The van der Waals surface area contributed by atoms with Crippen LogP contribution in [-0.4, -0.2) is 38.2 Å². The summed E-state index contributed by atoms with van der Waals surface area (Å²) in [6.45, 7) is 4.35. The van der Waals surface area contributed by atoms with Crippen LogP contribution in [0, 0.1) is 5.41 Å². The van der Waals surface area contributed by atoms with Gasteiger partial charge in [-0.2, -0.15) is 0 Å². The predicted octanol–water partition coefficient (Wildman–Crippen LogP) is 1.65. The van der Waals surface area contributed by atoms with Gasteiger partial charge in [0.1, 0.15) is 5.60 Å². The number of hydrogen-bond donors (Lipinski definition) is 1. The van der Waals surface area contributed by atoms with Crippen molar-refractivity contribution in [1.29, 1.82) is 0 Å². The SMILES string of the molecule is CCC(=O)OC1(C)CC1.CNC(=O)C1(COC)CC1. The quantitative estimate of drug-likeness (QED) is 0.772. The minimum Gasteiger partial charge on any atom is -0.459 e. The van der Waals surface area contributed by atoms with Crippen LogP contribution in [0.5, 0.6) is 0 Å². The third-order valence-electron chi connectivity index (χ3n) is 3.59. The maximum atomic E-state index is 11.1. The fourth-order valence-electron chi connectivity index (χ4n) is 1.75. The zero-order chi connectivity index (χ0) is 14.5. The molecule has 2 fully saturated rings. The lowest BCUT2D eigenvalue weighted by Gasteiger charge is -2.10. The first kappa shape index (κ1) is 16.0. The molecule has 2 rings (SSSR count). The molecule has 5 heteroatoms. The van der Waals surface area contributed by atoms with Crippen LogP contribution in [0.25, 0.3) is 0 Å². The number of carbonyl (C=O) groups excluding carboxylic acids is 2. The highest BCUT2D eigenvalue weighted by Gasteiger charge is 2.49. The van der Waals surface area contributed by atoms with Gasteiger partial charge in [0.2, 0.25) is 5.91 Å². The number of carbonyl (C=O) groups is 2. The minimum absolute atomic E-state index is 0.0741. The standard InChI is InChI=1S/C7H13NO2.C7H12O2/c1-8-6(9)7(3-4-7)5-10-2;1-3-6(8)9-7(2)4-5-7/h3-5H2,1-2H3,(H,8,9);3-5H2,1-2H3. The molecule has 0 aromatic rings. The third-order valence-corrected chi connectivity index (χ3v) is 3.59. The monoisotopic (exact) mass is 271 g/mol. The average molecular weight is 271 g/mol. The second kappa shape index (κ2) is 6.37. The highest BCUT2D eigenvalue weighted by Crippen LogP contribution is 2.45. The Hall–Kier alpha value is -1.10. The molecule has 5 nitrogen and oxygen atoms in total. The highest BCUT2D eigenvalue weighted by molar-refractivity contribution is 5.85. The second-order valence-corrected chi connectivity index (χ2v) is 5.57. The van der Waals surface area contributed by atoms with E-state index in [1.807, 2.05) is 13.8 Å². The molecular weight excluding hydrogens is 246 g/mol. The van der Waals surface area contributed by atoms with Crippen molar-refractivity contribution in [1.82, 2.24) is 5.32 Å². The molecule has 1 N–H and O–H groups in total. The van der Waals surface area contributed by atoms with Gasteiger partial charge in [-0.3, -0.25) is 9.59 Å². The van der Waals surface area contributed by atoms with Crippen molar-refractivity contribution in [3.63, 3.8) is 0 Å². The van der Waals surface area contributed by atoms with Gasteiger partial charge in [0, 0.05) is 20.6 Å². The van der Waals surface area contributed by atoms with Gasteiger partial charge in [0.15, 0.2) is 0 Å². The van der Waals surface area contributed by atoms with Gasteiger partial charge in [-0.1, -0.05) is 6.92 Å². The zero-order valence-electron chi connectivity index (χ0n) is 12.4. The maximum Gasteiger partial charge on any atom is 0.306 e. The van der Waals surface area contributed by atoms with E-state index in [1.54, 1.807) is 14.2 Å². The summed E-state index contributed by atoms with van der Waals surface area (Å²) in [4.78, 5) is 21.7. The lowest BCUT2D eigenvalue weighted by atomic mass is 10.1. The molecule has 0 saturated heterocycles. The summed E-state index contributed by atoms with van der Waals surface area (Å²) in [5.74, 6) is 0.0457. The Labute approximate surface area is 115 Å². The number of ether oxygens (including phenoxy) is 2. The molecule has 2 saturated carbocycles. The molecule has 2 aliphatic rings. The molecule has 110 valence electrons. The van der Waals surface area contributed by atoms with Crippen LogP contribution in [0.2, 0.25) is 0 Å². The van der Waals surface area contributed by atoms with Crippen LogP contribution in [0.1, 0.15) is 46.0 Å². The molecule has 19 heavy (non-hydrogen) atoms. The van der Waals surface area contributed by atoms with E-state index in [2.05, 4.69) is 5.32 Å². The molecule has 0 heterocycles. The number of amides is 1. The van der Waals surface area contributed by atoms with E-state index in [0.29, 0.717) is 13.0 Å². The molecular formula is C14H25NO4. The largest absolute Gasteiger partial charge is 0.459 e. The van der Waals surface area contributed by atoms with E-state index in [-0.39, 0.29) is 22.9 Å². The van der Waals surface area contributed by atoms with Gasteiger partial charge in [-0.25, -0.2) is 0 Å². The molecule has 1 amide bonds. The topological polar surface area (TPSA) is 64.6 Å². The van der Waals surface area contributed by atoms with Crippen molar-refractivity contribution < 1.29 is 19.1 Å². The first-order chi connectivity index (χ1) is 8.91. The van der Waals surface area contributed by atoms with Crippen molar-refractivity contribution in [3.8, 4) is 0 Å². The Morgan fingerprint density at radius 3 is 2.11 bits per heavy atom. The van der Waals surface area contributed by atoms with Crippen LogP contribution in [0.3, 0.4) is 0 Å². The molecule has 0 aromatic heterocycles. The van der Waals surface area contributed by atoms with Crippen molar-refractivity contribution in [2.75, 3.05) is 20.8 Å². The molecule has 0 bridgehead atoms. The number of methoxy groups -OCH3 is 1. The lowest BCUT2D eigenvalue weighted by molar-refractivity contribution is -0.149.